The minimum Gasteiger partial charge on any atom is -0.390 e. The smallest absolute Gasteiger partial charge is 0.0678 e. The van der Waals surface area contributed by atoms with Gasteiger partial charge in [0.25, 0.3) is 0 Å². The van der Waals surface area contributed by atoms with Crippen LogP contribution in [0.1, 0.15) is 52.4 Å². The molecular weight excluding hydrogens is 174 g/mol. The van der Waals surface area contributed by atoms with Gasteiger partial charge in [0.2, 0.25) is 0 Å². The standard InChI is InChI=1S/C12H23NO/c1-9(2)13-11-5-3-10(4-6-11)12(14)7-8-12/h9-11,13-14H,3-8H2,1-2H3/t10-,11-. The van der Waals surface area contributed by atoms with E-state index in [1.807, 2.05) is 0 Å². The Balaban J connectivity index is 1.75. The van der Waals surface area contributed by atoms with Crippen molar-refractivity contribution in [3.05, 3.63) is 0 Å². The Bertz CT molecular complexity index is 190. The second-order valence-electron chi connectivity index (χ2n) is 5.47. The van der Waals surface area contributed by atoms with Crippen molar-refractivity contribution in [3.8, 4) is 0 Å². The van der Waals surface area contributed by atoms with Crippen LogP contribution in [0, 0.1) is 5.92 Å². The van der Waals surface area contributed by atoms with E-state index in [4.69, 9.17) is 0 Å². The first-order valence-electron chi connectivity index (χ1n) is 6.08. The second-order valence-corrected chi connectivity index (χ2v) is 5.47. The average Bonchev–Trinajstić information content (AvgIpc) is 2.85. The van der Waals surface area contributed by atoms with Gasteiger partial charge in [-0.15, -0.1) is 0 Å². The molecule has 0 aromatic rings. The van der Waals surface area contributed by atoms with Gasteiger partial charge in [0.15, 0.2) is 0 Å². The summed E-state index contributed by atoms with van der Waals surface area (Å²) in [6.45, 7) is 4.42. The van der Waals surface area contributed by atoms with Crippen LogP contribution in [-0.4, -0.2) is 22.8 Å². The summed E-state index contributed by atoms with van der Waals surface area (Å²) in [4.78, 5) is 0. The average molecular weight is 197 g/mol. The summed E-state index contributed by atoms with van der Waals surface area (Å²) in [7, 11) is 0. The van der Waals surface area contributed by atoms with Gasteiger partial charge in [0, 0.05) is 12.1 Å². The van der Waals surface area contributed by atoms with E-state index in [1.165, 1.54) is 25.7 Å². The molecule has 2 heteroatoms. The van der Waals surface area contributed by atoms with Crippen molar-refractivity contribution in [1.82, 2.24) is 5.32 Å². The molecule has 2 aliphatic carbocycles. The number of hydrogen-bond donors (Lipinski definition) is 2. The zero-order valence-electron chi connectivity index (χ0n) is 9.42. The lowest BCUT2D eigenvalue weighted by Crippen LogP contribution is -2.39. The molecule has 0 aromatic carbocycles. The summed E-state index contributed by atoms with van der Waals surface area (Å²) in [6, 6.07) is 1.30. The van der Waals surface area contributed by atoms with Gasteiger partial charge in [0.05, 0.1) is 5.60 Å². The van der Waals surface area contributed by atoms with Crippen LogP contribution in [0.4, 0.5) is 0 Å². The number of nitrogens with one attached hydrogen (secondary N) is 1. The first kappa shape index (κ1) is 10.4. The van der Waals surface area contributed by atoms with E-state index in [1.54, 1.807) is 0 Å². The van der Waals surface area contributed by atoms with E-state index in [-0.39, 0.29) is 5.60 Å². The van der Waals surface area contributed by atoms with Crippen molar-refractivity contribution in [2.75, 3.05) is 0 Å². The molecule has 0 radical (unpaired) electrons. The van der Waals surface area contributed by atoms with Gasteiger partial charge < -0.3 is 10.4 Å². The molecule has 2 nitrogen and oxygen atoms in total. The van der Waals surface area contributed by atoms with Gasteiger partial charge in [-0.05, 0) is 44.4 Å². The molecule has 0 heterocycles. The van der Waals surface area contributed by atoms with Crippen molar-refractivity contribution >= 4 is 0 Å². The Hall–Kier alpha value is -0.0800. The van der Waals surface area contributed by atoms with E-state index in [2.05, 4.69) is 19.2 Å². The predicted molar refractivity (Wildman–Crippen MR) is 58.2 cm³/mol. The van der Waals surface area contributed by atoms with Crippen LogP contribution in [0.3, 0.4) is 0 Å². The summed E-state index contributed by atoms with van der Waals surface area (Å²) in [6.07, 6.45) is 7.07. The normalized spacial score (nSPS) is 36.0. The lowest BCUT2D eigenvalue weighted by molar-refractivity contribution is 0.0545. The lowest BCUT2D eigenvalue weighted by atomic mass is 9.81. The Morgan fingerprint density at radius 3 is 2.14 bits per heavy atom. The maximum atomic E-state index is 10.0. The molecule has 2 N–H and O–H groups in total. The van der Waals surface area contributed by atoms with Crippen LogP contribution in [0.15, 0.2) is 0 Å². The fourth-order valence-corrected chi connectivity index (χ4v) is 2.81. The van der Waals surface area contributed by atoms with Crippen molar-refractivity contribution in [1.29, 1.82) is 0 Å². The molecule has 0 unspecified atom stereocenters. The van der Waals surface area contributed by atoms with Crippen molar-refractivity contribution in [2.45, 2.75) is 70.1 Å². The van der Waals surface area contributed by atoms with Crippen molar-refractivity contribution < 1.29 is 5.11 Å². The highest BCUT2D eigenvalue weighted by molar-refractivity contribution is 5.01. The third-order valence-electron chi connectivity index (χ3n) is 3.82. The molecule has 2 fully saturated rings. The minimum atomic E-state index is -0.233. The maximum Gasteiger partial charge on any atom is 0.0678 e. The monoisotopic (exact) mass is 197 g/mol. The molecule has 0 bridgehead atoms. The largest absolute Gasteiger partial charge is 0.390 e. The summed E-state index contributed by atoms with van der Waals surface area (Å²) < 4.78 is 0. The van der Waals surface area contributed by atoms with Gasteiger partial charge >= 0.3 is 0 Å². The minimum absolute atomic E-state index is 0.233. The molecule has 2 rings (SSSR count). The number of aliphatic hydroxyl groups is 1. The van der Waals surface area contributed by atoms with E-state index < -0.39 is 0 Å². The van der Waals surface area contributed by atoms with Crippen LogP contribution in [0.25, 0.3) is 0 Å². The topological polar surface area (TPSA) is 32.3 Å². The van der Waals surface area contributed by atoms with Gasteiger partial charge in [0.1, 0.15) is 0 Å². The third-order valence-corrected chi connectivity index (χ3v) is 3.82. The highest BCUT2D eigenvalue weighted by atomic mass is 16.3. The highest BCUT2D eigenvalue weighted by Crippen LogP contribution is 2.47. The first-order valence-corrected chi connectivity index (χ1v) is 6.08. The zero-order chi connectivity index (χ0) is 10.2. The number of hydrogen-bond acceptors (Lipinski definition) is 2. The second kappa shape index (κ2) is 3.82. The van der Waals surface area contributed by atoms with Gasteiger partial charge in [-0.25, -0.2) is 0 Å². The molecule has 14 heavy (non-hydrogen) atoms. The molecule has 2 saturated carbocycles. The first-order chi connectivity index (χ1) is 6.60. The Morgan fingerprint density at radius 2 is 1.71 bits per heavy atom. The van der Waals surface area contributed by atoms with E-state index in [9.17, 15) is 5.11 Å². The van der Waals surface area contributed by atoms with Crippen LogP contribution in [-0.2, 0) is 0 Å². The van der Waals surface area contributed by atoms with Crippen LogP contribution >= 0.6 is 0 Å². The van der Waals surface area contributed by atoms with Gasteiger partial charge in [-0.3, -0.25) is 0 Å². The summed E-state index contributed by atoms with van der Waals surface area (Å²) in [5, 5.41) is 13.6. The molecule has 0 amide bonds. The molecule has 0 aromatic heterocycles. The molecular formula is C12H23NO. The SMILES string of the molecule is CC(C)N[C@H]1CC[C@H](C2(O)CC2)CC1. The zero-order valence-corrected chi connectivity index (χ0v) is 9.42. The maximum absolute atomic E-state index is 10.0. The van der Waals surface area contributed by atoms with E-state index >= 15 is 0 Å². The fourth-order valence-electron chi connectivity index (χ4n) is 2.81. The van der Waals surface area contributed by atoms with Crippen molar-refractivity contribution in [3.63, 3.8) is 0 Å². The predicted octanol–water partition coefficient (Wildman–Crippen LogP) is 2.07. The summed E-state index contributed by atoms with van der Waals surface area (Å²) in [5.41, 5.74) is -0.233. The third kappa shape index (κ3) is 2.29. The van der Waals surface area contributed by atoms with Gasteiger partial charge in [-0.2, -0.15) is 0 Å². The lowest BCUT2D eigenvalue weighted by Gasteiger charge is -2.33. The van der Waals surface area contributed by atoms with E-state index in [0.717, 1.165) is 12.8 Å². The number of rotatable bonds is 3. The Kier molecular flexibility index (Phi) is 2.85. The molecule has 2 aliphatic rings. The van der Waals surface area contributed by atoms with Crippen LogP contribution in [0.2, 0.25) is 0 Å². The molecule has 0 saturated heterocycles. The summed E-state index contributed by atoms with van der Waals surface area (Å²) >= 11 is 0. The fraction of sp³-hybridized carbons (Fsp3) is 1.00. The highest BCUT2D eigenvalue weighted by Gasteiger charge is 2.48. The van der Waals surface area contributed by atoms with Crippen LogP contribution in [0.5, 0.6) is 0 Å². The molecule has 0 aliphatic heterocycles. The van der Waals surface area contributed by atoms with E-state index in [0.29, 0.717) is 18.0 Å². The molecule has 0 spiro atoms. The Morgan fingerprint density at radius 1 is 1.14 bits per heavy atom. The van der Waals surface area contributed by atoms with Gasteiger partial charge in [-0.1, -0.05) is 13.8 Å². The Labute approximate surface area is 87.1 Å². The summed E-state index contributed by atoms with van der Waals surface area (Å²) in [5.74, 6) is 0.604. The molecule has 0 atom stereocenters. The molecule has 82 valence electrons. The quantitative estimate of drug-likeness (QED) is 0.726. The van der Waals surface area contributed by atoms with Crippen LogP contribution < -0.4 is 5.32 Å². The van der Waals surface area contributed by atoms with Crippen molar-refractivity contribution in [2.24, 2.45) is 5.92 Å².